The molecule has 4 heteroatoms. The summed E-state index contributed by atoms with van der Waals surface area (Å²) in [6, 6.07) is 15.1. The number of hydrogen-bond donors (Lipinski definition) is 2. The standard InChI is InChI=1S/C16H15FN2S/c1-10-6-12(8-13(17)7-10)16(19-18)15-9-11-4-2-3-5-14(11)20-15/h2-9,16,19H,18H2,1H3. The van der Waals surface area contributed by atoms with Crippen molar-refractivity contribution >= 4 is 21.4 Å². The Hall–Kier alpha value is -1.75. The van der Waals surface area contributed by atoms with Crippen molar-refractivity contribution in [3.63, 3.8) is 0 Å². The summed E-state index contributed by atoms with van der Waals surface area (Å²) in [7, 11) is 0. The minimum Gasteiger partial charge on any atom is -0.271 e. The number of aryl methyl sites for hydroxylation is 1. The van der Waals surface area contributed by atoms with Crippen LogP contribution in [0.1, 0.15) is 22.0 Å². The van der Waals surface area contributed by atoms with E-state index in [4.69, 9.17) is 5.84 Å². The zero-order valence-electron chi connectivity index (χ0n) is 11.1. The van der Waals surface area contributed by atoms with Crippen LogP contribution in [0.15, 0.2) is 48.5 Å². The molecule has 1 aromatic heterocycles. The molecule has 3 aromatic rings. The molecule has 2 nitrogen and oxygen atoms in total. The van der Waals surface area contributed by atoms with Gasteiger partial charge in [0.1, 0.15) is 5.82 Å². The lowest BCUT2D eigenvalue weighted by Gasteiger charge is -2.15. The highest BCUT2D eigenvalue weighted by atomic mass is 32.1. The van der Waals surface area contributed by atoms with Crippen molar-refractivity contribution in [1.29, 1.82) is 0 Å². The summed E-state index contributed by atoms with van der Waals surface area (Å²) >= 11 is 1.67. The summed E-state index contributed by atoms with van der Waals surface area (Å²) in [5.74, 6) is 5.46. The van der Waals surface area contributed by atoms with Gasteiger partial charge in [0, 0.05) is 9.58 Å². The minimum atomic E-state index is -0.235. The number of benzene rings is 2. The SMILES string of the molecule is Cc1cc(F)cc(C(NN)c2cc3ccccc3s2)c1. The highest BCUT2D eigenvalue weighted by Gasteiger charge is 2.16. The van der Waals surface area contributed by atoms with Gasteiger partial charge in [-0.2, -0.15) is 0 Å². The van der Waals surface area contributed by atoms with Crippen LogP contribution in [0.25, 0.3) is 10.1 Å². The molecule has 1 heterocycles. The Morgan fingerprint density at radius 1 is 1.15 bits per heavy atom. The van der Waals surface area contributed by atoms with Gasteiger partial charge in [-0.05, 0) is 47.7 Å². The fourth-order valence-electron chi connectivity index (χ4n) is 2.42. The fourth-order valence-corrected chi connectivity index (χ4v) is 3.57. The van der Waals surface area contributed by atoms with E-state index in [0.29, 0.717) is 0 Å². The first kappa shape index (κ1) is 13.2. The molecule has 0 bridgehead atoms. The maximum atomic E-state index is 13.6. The van der Waals surface area contributed by atoms with Gasteiger partial charge in [0.05, 0.1) is 6.04 Å². The van der Waals surface area contributed by atoms with Crippen LogP contribution in [-0.2, 0) is 0 Å². The van der Waals surface area contributed by atoms with Gasteiger partial charge in [0.15, 0.2) is 0 Å². The molecule has 1 unspecified atom stereocenters. The zero-order chi connectivity index (χ0) is 14.1. The van der Waals surface area contributed by atoms with E-state index >= 15 is 0 Å². The van der Waals surface area contributed by atoms with Gasteiger partial charge in [-0.15, -0.1) is 11.3 Å². The molecule has 0 saturated carbocycles. The van der Waals surface area contributed by atoms with E-state index in [9.17, 15) is 4.39 Å². The Balaban J connectivity index is 2.08. The van der Waals surface area contributed by atoms with Crippen LogP contribution in [0.3, 0.4) is 0 Å². The molecule has 0 aliphatic rings. The molecular weight excluding hydrogens is 271 g/mol. The van der Waals surface area contributed by atoms with Crippen LogP contribution in [0.5, 0.6) is 0 Å². The van der Waals surface area contributed by atoms with Gasteiger partial charge in [0.25, 0.3) is 0 Å². The van der Waals surface area contributed by atoms with Crippen molar-refractivity contribution in [1.82, 2.24) is 5.43 Å². The second-order valence-electron chi connectivity index (χ2n) is 4.85. The van der Waals surface area contributed by atoms with Crippen LogP contribution >= 0.6 is 11.3 Å². The average molecular weight is 286 g/mol. The van der Waals surface area contributed by atoms with Gasteiger partial charge < -0.3 is 0 Å². The molecule has 1 atom stereocenters. The van der Waals surface area contributed by atoms with E-state index in [1.807, 2.05) is 25.1 Å². The number of fused-ring (bicyclic) bond motifs is 1. The van der Waals surface area contributed by atoms with E-state index in [0.717, 1.165) is 16.0 Å². The van der Waals surface area contributed by atoms with Crippen LogP contribution in [0, 0.1) is 12.7 Å². The molecule has 3 rings (SSSR count). The van der Waals surface area contributed by atoms with Gasteiger partial charge in [-0.3, -0.25) is 5.84 Å². The number of halogens is 1. The summed E-state index contributed by atoms with van der Waals surface area (Å²) in [6.45, 7) is 1.88. The molecule has 0 fully saturated rings. The Morgan fingerprint density at radius 2 is 1.95 bits per heavy atom. The summed E-state index contributed by atoms with van der Waals surface area (Å²) in [5.41, 5.74) is 4.53. The molecule has 0 radical (unpaired) electrons. The van der Waals surface area contributed by atoms with Crippen molar-refractivity contribution in [2.45, 2.75) is 13.0 Å². The van der Waals surface area contributed by atoms with Crippen molar-refractivity contribution in [3.05, 3.63) is 70.4 Å². The normalized spacial score (nSPS) is 12.8. The third-order valence-electron chi connectivity index (χ3n) is 3.29. The first-order valence-electron chi connectivity index (χ1n) is 6.39. The number of nitrogens with two attached hydrogens (primary N) is 1. The average Bonchev–Trinajstić information content (AvgIpc) is 2.81. The second kappa shape index (κ2) is 5.32. The first-order chi connectivity index (χ1) is 9.67. The maximum Gasteiger partial charge on any atom is 0.123 e. The van der Waals surface area contributed by atoms with Gasteiger partial charge in [-0.25, -0.2) is 9.82 Å². The van der Waals surface area contributed by atoms with Crippen LogP contribution in [0.4, 0.5) is 4.39 Å². The van der Waals surface area contributed by atoms with Crippen LogP contribution in [0.2, 0.25) is 0 Å². The second-order valence-corrected chi connectivity index (χ2v) is 5.96. The van der Waals surface area contributed by atoms with Crippen molar-refractivity contribution in [2.75, 3.05) is 0 Å². The number of hydrogen-bond acceptors (Lipinski definition) is 3. The molecule has 102 valence electrons. The van der Waals surface area contributed by atoms with E-state index < -0.39 is 0 Å². The van der Waals surface area contributed by atoms with Crippen molar-refractivity contribution in [2.24, 2.45) is 5.84 Å². The number of rotatable bonds is 3. The van der Waals surface area contributed by atoms with Crippen molar-refractivity contribution in [3.8, 4) is 0 Å². The molecule has 3 N–H and O–H groups in total. The van der Waals surface area contributed by atoms with E-state index in [2.05, 4.69) is 23.6 Å². The largest absolute Gasteiger partial charge is 0.271 e. The third-order valence-corrected chi connectivity index (χ3v) is 4.47. The van der Waals surface area contributed by atoms with Crippen LogP contribution in [-0.4, -0.2) is 0 Å². The third kappa shape index (κ3) is 2.45. The topological polar surface area (TPSA) is 38.0 Å². The monoisotopic (exact) mass is 286 g/mol. The summed E-state index contributed by atoms with van der Waals surface area (Å²) < 4.78 is 14.8. The predicted octanol–water partition coefficient (Wildman–Crippen LogP) is 3.90. The fraction of sp³-hybridized carbons (Fsp3) is 0.125. The number of nitrogens with one attached hydrogen (secondary N) is 1. The predicted molar refractivity (Wildman–Crippen MR) is 82.1 cm³/mol. The van der Waals surface area contributed by atoms with Crippen LogP contribution < -0.4 is 11.3 Å². The first-order valence-corrected chi connectivity index (χ1v) is 7.21. The summed E-state index contributed by atoms with van der Waals surface area (Å²) in [4.78, 5) is 1.08. The molecule has 20 heavy (non-hydrogen) atoms. The smallest absolute Gasteiger partial charge is 0.123 e. The Morgan fingerprint density at radius 3 is 2.65 bits per heavy atom. The Bertz CT molecular complexity index is 698. The highest BCUT2D eigenvalue weighted by Crippen LogP contribution is 2.33. The summed E-state index contributed by atoms with van der Waals surface area (Å²) in [5, 5.41) is 1.18. The van der Waals surface area contributed by atoms with Gasteiger partial charge in [-0.1, -0.05) is 24.3 Å². The molecule has 0 amide bonds. The van der Waals surface area contributed by atoms with Crippen molar-refractivity contribution < 1.29 is 4.39 Å². The lowest BCUT2D eigenvalue weighted by molar-refractivity contribution is 0.607. The molecular formula is C16H15FN2S. The molecule has 0 saturated heterocycles. The highest BCUT2D eigenvalue weighted by molar-refractivity contribution is 7.19. The van der Waals surface area contributed by atoms with E-state index in [-0.39, 0.29) is 11.9 Å². The van der Waals surface area contributed by atoms with Gasteiger partial charge in [0.2, 0.25) is 0 Å². The maximum absolute atomic E-state index is 13.6. The zero-order valence-corrected chi connectivity index (χ0v) is 11.9. The Kier molecular flexibility index (Phi) is 3.53. The quantitative estimate of drug-likeness (QED) is 0.566. The molecule has 0 spiro atoms. The molecule has 0 aliphatic carbocycles. The number of hydrazine groups is 1. The molecule has 2 aromatic carbocycles. The lowest BCUT2D eigenvalue weighted by atomic mass is 10.0. The van der Waals surface area contributed by atoms with E-state index in [1.165, 1.54) is 22.2 Å². The summed E-state index contributed by atoms with van der Waals surface area (Å²) in [6.07, 6.45) is 0. The number of thiophene rings is 1. The van der Waals surface area contributed by atoms with Gasteiger partial charge >= 0.3 is 0 Å². The van der Waals surface area contributed by atoms with E-state index in [1.54, 1.807) is 11.3 Å². The Labute approximate surface area is 121 Å². The molecule has 0 aliphatic heterocycles. The lowest BCUT2D eigenvalue weighted by Crippen LogP contribution is -2.28. The minimum absolute atomic E-state index is 0.193.